The van der Waals surface area contributed by atoms with Crippen molar-refractivity contribution in [2.45, 2.75) is 6.55 Å². The molecule has 1 aromatic carbocycles. The van der Waals surface area contributed by atoms with E-state index >= 15 is 0 Å². The SMILES string of the molecule is COc1ccccc1O[Si]C. The van der Waals surface area contributed by atoms with E-state index in [0.29, 0.717) is 9.76 Å². The third-order valence-electron chi connectivity index (χ3n) is 1.28. The maximum Gasteiger partial charge on any atom is 0.307 e. The van der Waals surface area contributed by atoms with E-state index < -0.39 is 0 Å². The van der Waals surface area contributed by atoms with Crippen LogP contribution in [0, 0.1) is 0 Å². The summed E-state index contributed by atoms with van der Waals surface area (Å²) in [6.07, 6.45) is 0. The van der Waals surface area contributed by atoms with Gasteiger partial charge in [-0.25, -0.2) is 0 Å². The Balaban J connectivity index is 2.83. The molecular formula is C8H10O2Si. The lowest BCUT2D eigenvalue weighted by Crippen LogP contribution is -1.97. The fourth-order valence-electron chi connectivity index (χ4n) is 0.813. The largest absolute Gasteiger partial charge is 0.539 e. The molecule has 3 heteroatoms. The minimum absolute atomic E-state index is 0.455. The first kappa shape index (κ1) is 8.14. The molecule has 2 radical (unpaired) electrons. The molecule has 11 heavy (non-hydrogen) atoms. The van der Waals surface area contributed by atoms with Crippen LogP contribution in [0.4, 0.5) is 0 Å². The molecule has 0 bridgehead atoms. The molecule has 58 valence electrons. The van der Waals surface area contributed by atoms with Gasteiger partial charge in [0.2, 0.25) is 0 Å². The van der Waals surface area contributed by atoms with Crippen molar-refractivity contribution in [2.75, 3.05) is 7.11 Å². The molecule has 0 spiro atoms. The van der Waals surface area contributed by atoms with Gasteiger partial charge in [-0.2, -0.15) is 0 Å². The number of ether oxygens (including phenoxy) is 1. The molecule has 2 nitrogen and oxygen atoms in total. The fourth-order valence-corrected chi connectivity index (χ4v) is 1.20. The number of hydrogen-bond donors (Lipinski definition) is 0. The Morgan fingerprint density at radius 2 is 1.82 bits per heavy atom. The summed E-state index contributed by atoms with van der Waals surface area (Å²) in [4.78, 5) is 0. The van der Waals surface area contributed by atoms with Gasteiger partial charge in [-0.1, -0.05) is 12.1 Å². The Labute approximate surface area is 69.1 Å². The second-order valence-electron chi connectivity index (χ2n) is 1.96. The van der Waals surface area contributed by atoms with E-state index in [2.05, 4.69) is 0 Å². The zero-order valence-electron chi connectivity index (χ0n) is 6.63. The highest BCUT2D eigenvalue weighted by Crippen LogP contribution is 2.24. The highest BCUT2D eigenvalue weighted by atomic mass is 28.2. The maximum atomic E-state index is 5.33. The molecule has 0 fully saturated rings. The van der Waals surface area contributed by atoms with Crippen molar-refractivity contribution in [3.63, 3.8) is 0 Å². The second-order valence-corrected chi connectivity index (χ2v) is 2.57. The molecule has 0 aliphatic carbocycles. The topological polar surface area (TPSA) is 18.5 Å². The molecule has 1 rings (SSSR count). The molecule has 0 aromatic heterocycles. The summed E-state index contributed by atoms with van der Waals surface area (Å²) in [5.41, 5.74) is 0. The van der Waals surface area contributed by atoms with Crippen LogP contribution in [0.1, 0.15) is 0 Å². The summed E-state index contributed by atoms with van der Waals surface area (Å²) in [5, 5.41) is 0. The van der Waals surface area contributed by atoms with E-state index in [0.717, 1.165) is 11.5 Å². The molecule has 0 heterocycles. The van der Waals surface area contributed by atoms with Crippen molar-refractivity contribution in [1.82, 2.24) is 0 Å². The van der Waals surface area contributed by atoms with Crippen LogP contribution in [0.2, 0.25) is 6.55 Å². The van der Waals surface area contributed by atoms with Gasteiger partial charge in [-0.05, 0) is 18.7 Å². The first-order valence-corrected chi connectivity index (χ1v) is 4.76. The van der Waals surface area contributed by atoms with Gasteiger partial charge in [0, 0.05) is 0 Å². The quantitative estimate of drug-likeness (QED) is 0.637. The van der Waals surface area contributed by atoms with Crippen LogP contribution in [0.15, 0.2) is 24.3 Å². The standard InChI is InChI=1S/C8H10O2Si/c1-9-7-5-3-4-6-8(7)10-11-2/h3-6H,1-2H3. The van der Waals surface area contributed by atoms with E-state index in [1.807, 2.05) is 30.8 Å². The maximum absolute atomic E-state index is 5.33. The van der Waals surface area contributed by atoms with E-state index in [-0.39, 0.29) is 0 Å². The lowest BCUT2D eigenvalue weighted by Gasteiger charge is -2.07. The number of methoxy groups -OCH3 is 1. The van der Waals surface area contributed by atoms with Crippen molar-refractivity contribution in [3.8, 4) is 11.5 Å². The highest BCUT2D eigenvalue weighted by Gasteiger charge is 1.99. The van der Waals surface area contributed by atoms with Crippen molar-refractivity contribution in [2.24, 2.45) is 0 Å². The fraction of sp³-hybridized carbons (Fsp3) is 0.250. The lowest BCUT2D eigenvalue weighted by atomic mass is 10.3. The van der Waals surface area contributed by atoms with E-state index in [1.165, 1.54) is 0 Å². The number of rotatable bonds is 3. The summed E-state index contributed by atoms with van der Waals surface area (Å²) < 4.78 is 10.4. The van der Waals surface area contributed by atoms with Gasteiger partial charge in [-0.15, -0.1) is 0 Å². The van der Waals surface area contributed by atoms with Crippen LogP contribution in [-0.4, -0.2) is 16.9 Å². The minimum Gasteiger partial charge on any atom is -0.539 e. The first-order valence-electron chi connectivity index (χ1n) is 3.35. The van der Waals surface area contributed by atoms with Crippen molar-refractivity contribution in [3.05, 3.63) is 24.3 Å². The minimum atomic E-state index is 0.455. The van der Waals surface area contributed by atoms with Gasteiger partial charge in [0.15, 0.2) is 5.75 Å². The lowest BCUT2D eigenvalue weighted by molar-refractivity contribution is 0.396. The number of benzene rings is 1. The van der Waals surface area contributed by atoms with Gasteiger partial charge < -0.3 is 9.16 Å². The summed E-state index contributed by atoms with van der Waals surface area (Å²) in [6, 6.07) is 7.63. The molecular weight excluding hydrogens is 156 g/mol. The summed E-state index contributed by atoms with van der Waals surface area (Å²) in [6.45, 7) is 1.98. The summed E-state index contributed by atoms with van der Waals surface area (Å²) in [5.74, 6) is 1.61. The predicted octanol–water partition coefficient (Wildman–Crippen LogP) is 1.74. The molecule has 0 saturated carbocycles. The molecule has 0 N–H and O–H groups in total. The van der Waals surface area contributed by atoms with Crippen LogP contribution in [-0.2, 0) is 0 Å². The van der Waals surface area contributed by atoms with Gasteiger partial charge in [-0.3, -0.25) is 0 Å². The van der Waals surface area contributed by atoms with E-state index in [4.69, 9.17) is 9.16 Å². The average Bonchev–Trinajstić information content (AvgIpc) is 2.06. The summed E-state index contributed by atoms with van der Waals surface area (Å²) in [7, 11) is 2.09. The van der Waals surface area contributed by atoms with Crippen LogP contribution < -0.4 is 9.16 Å². The smallest absolute Gasteiger partial charge is 0.307 e. The van der Waals surface area contributed by atoms with Crippen molar-refractivity contribution in [1.29, 1.82) is 0 Å². The Morgan fingerprint density at radius 1 is 1.18 bits per heavy atom. The van der Waals surface area contributed by atoms with Crippen LogP contribution in [0.5, 0.6) is 11.5 Å². The zero-order chi connectivity index (χ0) is 8.10. The van der Waals surface area contributed by atoms with Crippen LogP contribution in [0.25, 0.3) is 0 Å². The summed E-state index contributed by atoms with van der Waals surface area (Å²) >= 11 is 0. The molecule has 0 saturated heterocycles. The van der Waals surface area contributed by atoms with Gasteiger partial charge in [0.05, 0.1) is 7.11 Å². The van der Waals surface area contributed by atoms with Crippen LogP contribution in [0.3, 0.4) is 0 Å². The number of hydrogen-bond acceptors (Lipinski definition) is 2. The molecule has 0 unspecified atom stereocenters. The van der Waals surface area contributed by atoms with Crippen LogP contribution >= 0.6 is 0 Å². The monoisotopic (exact) mass is 166 g/mol. The van der Waals surface area contributed by atoms with Gasteiger partial charge >= 0.3 is 9.76 Å². The Morgan fingerprint density at radius 3 is 2.36 bits per heavy atom. The first-order chi connectivity index (χ1) is 5.38. The average molecular weight is 166 g/mol. The molecule has 0 aliphatic rings. The Bertz CT molecular complexity index is 225. The zero-order valence-corrected chi connectivity index (χ0v) is 7.63. The van der Waals surface area contributed by atoms with E-state index in [9.17, 15) is 0 Å². The molecule has 1 aromatic rings. The van der Waals surface area contributed by atoms with Crippen molar-refractivity contribution >= 4 is 9.76 Å². The van der Waals surface area contributed by atoms with Gasteiger partial charge in [0.1, 0.15) is 5.75 Å². The third-order valence-corrected chi connectivity index (χ3v) is 1.71. The number of para-hydroxylation sites is 2. The highest BCUT2D eigenvalue weighted by molar-refractivity contribution is 6.26. The van der Waals surface area contributed by atoms with Gasteiger partial charge in [0.25, 0.3) is 0 Å². The van der Waals surface area contributed by atoms with Crippen molar-refractivity contribution < 1.29 is 9.16 Å². The van der Waals surface area contributed by atoms with E-state index in [1.54, 1.807) is 7.11 Å². The normalized spacial score (nSPS) is 9.27. The predicted molar refractivity (Wildman–Crippen MR) is 45.2 cm³/mol. The Kier molecular flexibility index (Phi) is 2.98. The second kappa shape index (κ2) is 4.03. The third kappa shape index (κ3) is 1.98. The Hall–Kier alpha value is -0.963. The molecule has 0 amide bonds. The molecule has 0 aliphatic heterocycles. The molecule has 0 atom stereocenters.